The number of likely N-dealkylation sites (tertiary alicyclic amines) is 2. The Balaban J connectivity index is 1.52. The van der Waals surface area contributed by atoms with Gasteiger partial charge in [0.15, 0.2) is 0 Å². The molecule has 2 unspecified atom stereocenters. The highest BCUT2D eigenvalue weighted by Crippen LogP contribution is 2.42. The van der Waals surface area contributed by atoms with Crippen molar-refractivity contribution in [2.75, 3.05) is 26.2 Å². The van der Waals surface area contributed by atoms with E-state index in [0.29, 0.717) is 0 Å². The molecule has 2 atom stereocenters. The number of nitrogens with zero attached hydrogens (tertiary/aromatic N) is 2. The predicted molar refractivity (Wildman–Crippen MR) is 81.7 cm³/mol. The Kier molecular flexibility index (Phi) is 4.81. The fraction of sp³-hybridized carbons (Fsp3) is 0.882. The maximum Gasteiger partial charge on any atom is 0.226 e. The Morgan fingerprint density at radius 2 is 0.905 bits per heavy atom. The number of amides is 2. The Bertz CT molecular complexity index is 344. The zero-order valence-electron chi connectivity index (χ0n) is 13.1. The molecular formula is C17H28N2O2. The fourth-order valence-electron chi connectivity index (χ4n) is 3.79. The van der Waals surface area contributed by atoms with Crippen molar-refractivity contribution in [1.29, 1.82) is 0 Å². The SMILES string of the molecule is O=C(C1CC1C(=O)N1CCCCCC1)N1CCCCCC1. The van der Waals surface area contributed by atoms with Crippen LogP contribution in [0.4, 0.5) is 0 Å². The van der Waals surface area contributed by atoms with E-state index < -0.39 is 0 Å². The number of carbonyl (C=O) groups is 2. The van der Waals surface area contributed by atoms with Gasteiger partial charge in [0.1, 0.15) is 0 Å². The minimum atomic E-state index is -0.00106. The lowest BCUT2D eigenvalue weighted by Gasteiger charge is -2.22. The summed E-state index contributed by atoms with van der Waals surface area (Å²) in [4.78, 5) is 29.1. The van der Waals surface area contributed by atoms with Gasteiger partial charge in [-0.25, -0.2) is 0 Å². The van der Waals surface area contributed by atoms with Crippen molar-refractivity contribution < 1.29 is 9.59 Å². The van der Waals surface area contributed by atoms with Gasteiger partial charge in [-0.3, -0.25) is 9.59 Å². The van der Waals surface area contributed by atoms with Crippen LogP contribution in [0.1, 0.15) is 57.8 Å². The Morgan fingerprint density at radius 1 is 0.571 bits per heavy atom. The molecule has 118 valence electrons. The smallest absolute Gasteiger partial charge is 0.226 e. The lowest BCUT2D eigenvalue weighted by Crippen LogP contribution is -2.37. The molecule has 0 N–H and O–H groups in total. The molecule has 0 aromatic rings. The summed E-state index contributed by atoms with van der Waals surface area (Å²) in [6.45, 7) is 3.61. The molecule has 4 heteroatoms. The van der Waals surface area contributed by atoms with Gasteiger partial charge in [0, 0.05) is 26.2 Å². The predicted octanol–water partition coefficient (Wildman–Crippen LogP) is 2.43. The average molecular weight is 292 g/mol. The Morgan fingerprint density at radius 3 is 1.24 bits per heavy atom. The molecule has 2 amide bonds. The summed E-state index contributed by atoms with van der Waals surface area (Å²) in [7, 11) is 0. The van der Waals surface area contributed by atoms with Crippen molar-refractivity contribution in [3.8, 4) is 0 Å². The van der Waals surface area contributed by atoms with Gasteiger partial charge in [-0.2, -0.15) is 0 Å². The number of carbonyl (C=O) groups excluding carboxylic acids is 2. The van der Waals surface area contributed by atoms with Gasteiger partial charge in [0.25, 0.3) is 0 Å². The molecule has 4 nitrogen and oxygen atoms in total. The van der Waals surface area contributed by atoms with Crippen molar-refractivity contribution >= 4 is 11.8 Å². The molecule has 0 radical (unpaired) electrons. The van der Waals surface area contributed by atoms with Crippen LogP contribution >= 0.6 is 0 Å². The van der Waals surface area contributed by atoms with Gasteiger partial charge in [0.05, 0.1) is 11.8 Å². The van der Waals surface area contributed by atoms with Gasteiger partial charge < -0.3 is 9.80 Å². The molecule has 3 aliphatic rings. The summed E-state index contributed by atoms with van der Waals surface area (Å²) < 4.78 is 0. The van der Waals surface area contributed by atoms with E-state index in [1.807, 2.05) is 9.80 Å². The van der Waals surface area contributed by atoms with Crippen molar-refractivity contribution in [2.45, 2.75) is 57.8 Å². The molecular weight excluding hydrogens is 264 g/mol. The van der Waals surface area contributed by atoms with E-state index in [1.54, 1.807) is 0 Å². The maximum atomic E-state index is 12.5. The van der Waals surface area contributed by atoms with Gasteiger partial charge in [0.2, 0.25) is 11.8 Å². The highest BCUT2D eigenvalue weighted by atomic mass is 16.2. The maximum absolute atomic E-state index is 12.5. The molecule has 0 aromatic heterocycles. The first-order chi connectivity index (χ1) is 10.3. The van der Waals surface area contributed by atoms with Crippen LogP contribution < -0.4 is 0 Å². The molecule has 0 aromatic carbocycles. The van der Waals surface area contributed by atoms with E-state index in [9.17, 15) is 9.59 Å². The van der Waals surface area contributed by atoms with Crippen LogP contribution in [-0.2, 0) is 9.59 Å². The Labute approximate surface area is 127 Å². The van der Waals surface area contributed by atoms with Crippen molar-refractivity contribution in [3.63, 3.8) is 0 Å². The number of hydrogen-bond donors (Lipinski definition) is 0. The van der Waals surface area contributed by atoms with E-state index in [1.165, 1.54) is 25.7 Å². The van der Waals surface area contributed by atoms with Gasteiger partial charge in [-0.15, -0.1) is 0 Å². The monoisotopic (exact) mass is 292 g/mol. The zero-order valence-corrected chi connectivity index (χ0v) is 13.1. The molecule has 3 rings (SSSR count). The molecule has 2 heterocycles. The normalized spacial score (nSPS) is 30.5. The van der Waals surface area contributed by atoms with E-state index >= 15 is 0 Å². The molecule has 1 aliphatic carbocycles. The minimum absolute atomic E-state index is 0.00106. The van der Waals surface area contributed by atoms with Crippen molar-refractivity contribution in [1.82, 2.24) is 9.80 Å². The van der Waals surface area contributed by atoms with Crippen LogP contribution in [0.15, 0.2) is 0 Å². The third-order valence-electron chi connectivity index (χ3n) is 5.26. The highest BCUT2D eigenvalue weighted by Gasteiger charge is 2.50. The summed E-state index contributed by atoms with van der Waals surface area (Å²) in [5.74, 6) is 0.507. The van der Waals surface area contributed by atoms with Crippen LogP contribution in [0.25, 0.3) is 0 Å². The first-order valence-corrected chi connectivity index (χ1v) is 8.85. The van der Waals surface area contributed by atoms with E-state index in [-0.39, 0.29) is 23.7 Å². The second kappa shape index (κ2) is 6.80. The number of rotatable bonds is 2. The minimum Gasteiger partial charge on any atom is -0.342 e. The van der Waals surface area contributed by atoms with Crippen LogP contribution in [0.2, 0.25) is 0 Å². The quantitative estimate of drug-likeness (QED) is 0.784. The van der Waals surface area contributed by atoms with Crippen molar-refractivity contribution in [3.05, 3.63) is 0 Å². The summed E-state index contributed by atoms with van der Waals surface area (Å²) in [6.07, 6.45) is 10.3. The largest absolute Gasteiger partial charge is 0.342 e. The summed E-state index contributed by atoms with van der Waals surface area (Å²) in [6, 6.07) is 0. The average Bonchev–Trinajstić information content (AvgIpc) is 3.31. The topological polar surface area (TPSA) is 40.6 Å². The summed E-state index contributed by atoms with van der Waals surface area (Å²) >= 11 is 0. The standard InChI is InChI=1S/C17H28N2O2/c20-16(18-9-5-1-2-6-10-18)14-13-15(14)17(21)19-11-7-3-4-8-12-19/h14-15H,1-13H2. The lowest BCUT2D eigenvalue weighted by atomic mass is 10.2. The third kappa shape index (κ3) is 3.58. The lowest BCUT2D eigenvalue weighted by molar-refractivity contribution is -0.138. The van der Waals surface area contributed by atoms with Crippen molar-refractivity contribution in [2.24, 2.45) is 11.8 Å². The van der Waals surface area contributed by atoms with Gasteiger partial charge >= 0.3 is 0 Å². The molecule has 0 bridgehead atoms. The fourth-order valence-corrected chi connectivity index (χ4v) is 3.79. The second-order valence-corrected chi connectivity index (χ2v) is 6.93. The van der Waals surface area contributed by atoms with Crippen LogP contribution in [0.5, 0.6) is 0 Å². The third-order valence-corrected chi connectivity index (χ3v) is 5.26. The van der Waals surface area contributed by atoms with Gasteiger partial charge in [-0.1, -0.05) is 25.7 Å². The van der Waals surface area contributed by atoms with Crippen LogP contribution in [0, 0.1) is 11.8 Å². The van der Waals surface area contributed by atoms with Gasteiger partial charge in [-0.05, 0) is 32.1 Å². The molecule has 1 saturated carbocycles. The van der Waals surface area contributed by atoms with E-state index in [4.69, 9.17) is 0 Å². The zero-order chi connectivity index (χ0) is 14.7. The molecule has 0 spiro atoms. The Hall–Kier alpha value is -1.06. The molecule has 2 saturated heterocycles. The van der Waals surface area contributed by atoms with E-state index in [2.05, 4.69) is 0 Å². The van der Waals surface area contributed by atoms with E-state index in [0.717, 1.165) is 58.3 Å². The number of hydrogen-bond acceptors (Lipinski definition) is 2. The summed E-state index contributed by atoms with van der Waals surface area (Å²) in [5, 5.41) is 0. The first-order valence-electron chi connectivity index (χ1n) is 8.85. The highest BCUT2D eigenvalue weighted by molar-refractivity contribution is 5.92. The second-order valence-electron chi connectivity index (χ2n) is 6.93. The molecule has 3 fully saturated rings. The molecule has 21 heavy (non-hydrogen) atoms. The van der Waals surface area contributed by atoms with Crippen LogP contribution in [0.3, 0.4) is 0 Å². The summed E-state index contributed by atoms with van der Waals surface area (Å²) in [5.41, 5.74) is 0. The first kappa shape index (κ1) is 14.9. The van der Waals surface area contributed by atoms with Crippen LogP contribution in [-0.4, -0.2) is 47.8 Å². The molecule has 2 aliphatic heterocycles.